The van der Waals surface area contributed by atoms with Crippen LogP contribution in [0.15, 0.2) is 42.0 Å². The molecule has 1 aromatic heterocycles. The van der Waals surface area contributed by atoms with Gasteiger partial charge in [0, 0.05) is 18.8 Å². The molecule has 0 spiro atoms. The molecule has 1 saturated carbocycles. The molecule has 168 valence electrons. The lowest BCUT2D eigenvalue weighted by molar-refractivity contribution is 0.346. The predicted molar refractivity (Wildman–Crippen MR) is 142 cm³/mol. The molecule has 0 unspecified atom stereocenters. The molecule has 1 aliphatic carbocycles. The van der Waals surface area contributed by atoms with Crippen LogP contribution in [-0.2, 0) is 0 Å². The van der Waals surface area contributed by atoms with Crippen molar-refractivity contribution in [3.8, 4) is 0 Å². The van der Waals surface area contributed by atoms with Crippen molar-refractivity contribution in [2.45, 2.75) is 60.8 Å². The Balaban J connectivity index is 0.000000589. The van der Waals surface area contributed by atoms with E-state index in [1.54, 1.807) is 11.3 Å². The monoisotopic (exact) mass is 437 g/mol. The van der Waals surface area contributed by atoms with Gasteiger partial charge in [-0.15, -0.1) is 11.3 Å². The first-order valence-corrected chi connectivity index (χ1v) is 11.9. The molecule has 3 rings (SSSR count). The Morgan fingerprint density at radius 2 is 1.87 bits per heavy atom. The number of nitrogens with zero attached hydrogens (tertiary/aromatic N) is 2. The van der Waals surface area contributed by atoms with Crippen molar-refractivity contribution in [1.82, 2.24) is 10.3 Å². The third-order valence-corrected chi connectivity index (χ3v) is 6.15. The first-order valence-electron chi connectivity index (χ1n) is 11.1. The maximum atomic E-state index is 4.47. The number of aliphatic imine (C=N–C) groups is 1. The van der Waals surface area contributed by atoms with Crippen LogP contribution in [0.2, 0.25) is 0 Å². The van der Waals surface area contributed by atoms with Crippen molar-refractivity contribution in [3.63, 3.8) is 0 Å². The van der Waals surface area contributed by atoms with Crippen LogP contribution in [-0.4, -0.2) is 18.7 Å². The fraction of sp³-hybridized carbons (Fsp3) is 0.407. The van der Waals surface area contributed by atoms with Crippen LogP contribution < -0.4 is 5.32 Å². The number of aromatic nitrogens is 1. The summed E-state index contributed by atoms with van der Waals surface area (Å²) in [6.45, 7) is 20.0. The molecule has 3 nitrogen and oxygen atoms in total. The summed E-state index contributed by atoms with van der Waals surface area (Å²) in [5.41, 5.74) is 6.29. The van der Waals surface area contributed by atoms with E-state index in [4.69, 9.17) is 0 Å². The van der Waals surface area contributed by atoms with Gasteiger partial charge < -0.3 is 5.32 Å². The molecule has 4 heteroatoms. The number of benzene rings is 1. The number of aryl methyl sites for hydroxylation is 3. The summed E-state index contributed by atoms with van der Waals surface area (Å²) in [5.74, 6) is 1.06. The summed E-state index contributed by atoms with van der Waals surface area (Å²) >= 11 is 1.67. The number of thiazole rings is 1. The van der Waals surface area contributed by atoms with Crippen molar-refractivity contribution in [1.29, 1.82) is 0 Å². The lowest BCUT2D eigenvalue weighted by atomic mass is 9.88. The van der Waals surface area contributed by atoms with E-state index in [0.717, 1.165) is 49.5 Å². The highest BCUT2D eigenvalue weighted by molar-refractivity contribution is 7.12. The van der Waals surface area contributed by atoms with Gasteiger partial charge in [0.05, 0.1) is 21.3 Å². The van der Waals surface area contributed by atoms with Gasteiger partial charge in [-0.2, -0.15) is 0 Å². The zero-order valence-corrected chi connectivity index (χ0v) is 21.2. The van der Waals surface area contributed by atoms with E-state index in [2.05, 4.69) is 66.7 Å². The predicted octanol–water partition coefficient (Wildman–Crippen LogP) is 7.85. The average Bonchev–Trinajstić information content (AvgIpc) is 3.07. The highest BCUT2D eigenvalue weighted by Gasteiger charge is 2.10. The van der Waals surface area contributed by atoms with Gasteiger partial charge in [-0.1, -0.05) is 70.9 Å². The molecular formula is C27H39N3S. The molecule has 1 aliphatic rings. The van der Waals surface area contributed by atoms with Gasteiger partial charge in [0.15, 0.2) is 0 Å². The SMILES string of the molecule is C=C/C(=C\NC)c1ccc(/C(=C/c2sc(C)nc2C)N=C)c(C)c1.CC.CC1CCC1. The second-order valence-electron chi connectivity index (χ2n) is 7.53. The normalized spacial score (nSPS) is 13.8. The second kappa shape index (κ2) is 13.8. The van der Waals surface area contributed by atoms with Crippen molar-refractivity contribution in [2.75, 3.05) is 7.05 Å². The van der Waals surface area contributed by atoms with Crippen LogP contribution in [0.25, 0.3) is 17.3 Å². The molecule has 1 aromatic carbocycles. The third-order valence-electron chi connectivity index (χ3n) is 5.13. The topological polar surface area (TPSA) is 37.3 Å². The van der Waals surface area contributed by atoms with E-state index < -0.39 is 0 Å². The average molecular weight is 438 g/mol. The van der Waals surface area contributed by atoms with E-state index in [1.807, 2.05) is 47.0 Å². The molecule has 31 heavy (non-hydrogen) atoms. The number of hydrogen-bond acceptors (Lipinski definition) is 4. The largest absolute Gasteiger partial charge is 0.393 e. The second-order valence-corrected chi connectivity index (χ2v) is 8.76. The molecule has 0 aliphatic heterocycles. The minimum absolute atomic E-state index is 0.864. The number of rotatable bonds is 6. The first-order chi connectivity index (χ1) is 14.9. The smallest absolute Gasteiger partial charge is 0.0903 e. The summed E-state index contributed by atoms with van der Waals surface area (Å²) in [5, 5.41) is 4.11. The van der Waals surface area contributed by atoms with Crippen molar-refractivity contribution in [2.24, 2.45) is 10.9 Å². The quantitative estimate of drug-likeness (QED) is 0.369. The first kappa shape index (κ1) is 26.6. The molecule has 1 N–H and O–H groups in total. The van der Waals surface area contributed by atoms with Crippen molar-refractivity contribution < 1.29 is 0 Å². The van der Waals surface area contributed by atoms with E-state index >= 15 is 0 Å². The zero-order valence-electron chi connectivity index (χ0n) is 20.4. The van der Waals surface area contributed by atoms with Crippen LogP contribution in [0, 0.1) is 26.7 Å². The minimum Gasteiger partial charge on any atom is -0.393 e. The molecule has 0 atom stereocenters. The third kappa shape index (κ3) is 7.95. The van der Waals surface area contributed by atoms with E-state index in [9.17, 15) is 0 Å². The Morgan fingerprint density at radius 3 is 2.26 bits per heavy atom. The van der Waals surface area contributed by atoms with Crippen LogP contribution in [0.1, 0.15) is 72.3 Å². The molecular weight excluding hydrogens is 398 g/mol. The van der Waals surface area contributed by atoms with Crippen LogP contribution >= 0.6 is 11.3 Å². The lowest BCUT2D eigenvalue weighted by Crippen LogP contribution is -2.04. The molecule has 1 fully saturated rings. The summed E-state index contributed by atoms with van der Waals surface area (Å²) in [6.07, 6.45) is 10.3. The highest BCUT2D eigenvalue weighted by atomic mass is 32.1. The summed E-state index contributed by atoms with van der Waals surface area (Å²) < 4.78 is 0. The van der Waals surface area contributed by atoms with Gasteiger partial charge >= 0.3 is 0 Å². The molecule has 0 amide bonds. The maximum absolute atomic E-state index is 4.47. The molecule has 2 aromatic rings. The summed E-state index contributed by atoms with van der Waals surface area (Å²) in [7, 11) is 1.88. The Labute approximate surface area is 193 Å². The van der Waals surface area contributed by atoms with Gasteiger partial charge in [0.25, 0.3) is 0 Å². The fourth-order valence-electron chi connectivity index (χ4n) is 3.17. The number of allylic oxidation sites excluding steroid dienone is 2. The van der Waals surface area contributed by atoms with Crippen LogP contribution in [0.3, 0.4) is 0 Å². The Kier molecular flexibility index (Phi) is 11.8. The lowest BCUT2D eigenvalue weighted by Gasteiger charge is -2.18. The van der Waals surface area contributed by atoms with E-state index in [1.165, 1.54) is 19.3 Å². The molecule has 1 heterocycles. The Hall–Kier alpha value is -2.46. The molecule has 0 bridgehead atoms. The minimum atomic E-state index is 0.864. The van der Waals surface area contributed by atoms with E-state index in [-0.39, 0.29) is 0 Å². The van der Waals surface area contributed by atoms with Gasteiger partial charge in [0.2, 0.25) is 0 Å². The van der Waals surface area contributed by atoms with Crippen LogP contribution in [0.5, 0.6) is 0 Å². The fourth-order valence-corrected chi connectivity index (χ4v) is 4.04. The van der Waals surface area contributed by atoms with Gasteiger partial charge in [-0.05, 0) is 56.2 Å². The number of nitrogens with one attached hydrogen (secondary N) is 1. The summed E-state index contributed by atoms with van der Waals surface area (Å²) in [4.78, 5) is 9.83. The van der Waals surface area contributed by atoms with Gasteiger partial charge in [-0.25, -0.2) is 4.98 Å². The molecule has 0 saturated heterocycles. The van der Waals surface area contributed by atoms with Gasteiger partial charge in [-0.3, -0.25) is 4.99 Å². The standard InChI is InChI=1S/C20H23N3S.C5H10.C2H6/c1-7-16(12-21-5)17-8-9-18(13(2)10-17)19(22-6)11-20-14(3)23-15(4)24-20;1-5-3-2-4-5;1-2/h7-12,21H,1,6H2,2-5H3;5H,2-4H2,1H3;1-2H3/b16-12+,19-11-;;. The van der Waals surface area contributed by atoms with E-state index in [0.29, 0.717) is 0 Å². The number of hydrogen-bond donors (Lipinski definition) is 1. The van der Waals surface area contributed by atoms with Gasteiger partial charge in [0.1, 0.15) is 0 Å². The van der Waals surface area contributed by atoms with Crippen molar-refractivity contribution >= 4 is 35.4 Å². The highest BCUT2D eigenvalue weighted by Crippen LogP contribution is 2.29. The van der Waals surface area contributed by atoms with Crippen LogP contribution in [0.4, 0.5) is 0 Å². The van der Waals surface area contributed by atoms with Crippen molar-refractivity contribution in [3.05, 3.63) is 69.3 Å². The molecule has 0 radical (unpaired) electrons. The zero-order chi connectivity index (χ0) is 23.4. The Bertz CT molecular complexity index is 915. The Morgan fingerprint density at radius 1 is 1.23 bits per heavy atom. The summed E-state index contributed by atoms with van der Waals surface area (Å²) in [6, 6.07) is 6.31. The maximum Gasteiger partial charge on any atom is 0.0903 e.